The van der Waals surface area contributed by atoms with Crippen molar-refractivity contribution in [1.29, 1.82) is 5.26 Å². The van der Waals surface area contributed by atoms with Gasteiger partial charge in [0.15, 0.2) is 0 Å². The monoisotopic (exact) mass is 310 g/mol. The number of nitrogens with zero attached hydrogens (tertiary/aromatic N) is 1. The van der Waals surface area contributed by atoms with Crippen LogP contribution in [0, 0.1) is 25.2 Å². The minimum atomic E-state index is -0.453. The second kappa shape index (κ2) is 6.93. The number of nitrogens with one attached hydrogen (secondary N) is 1. The Labute approximate surface area is 134 Å². The SMILES string of the molecule is Cc1ccc(NC(=O)C(C#N)=Cc2ccccc2Cl)cc1C. The van der Waals surface area contributed by atoms with Crippen molar-refractivity contribution in [2.45, 2.75) is 13.8 Å². The standard InChI is InChI=1S/C18H15ClN2O/c1-12-7-8-16(9-13(12)2)21-18(22)15(11-20)10-14-5-3-4-6-17(14)19/h3-10H,1-2H3,(H,21,22). The molecule has 1 amide bonds. The molecule has 0 unspecified atom stereocenters. The lowest BCUT2D eigenvalue weighted by molar-refractivity contribution is -0.112. The van der Waals surface area contributed by atoms with Crippen LogP contribution in [-0.4, -0.2) is 5.91 Å². The molecule has 0 bridgehead atoms. The summed E-state index contributed by atoms with van der Waals surface area (Å²) in [6.07, 6.45) is 1.48. The molecule has 0 aliphatic carbocycles. The van der Waals surface area contributed by atoms with Gasteiger partial charge in [0, 0.05) is 10.7 Å². The van der Waals surface area contributed by atoms with Crippen LogP contribution in [0.2, 0.25) is 5.02 Å². The Morgan fingerprint density at radius 1 is 1.18 bits per heavy atom. The molecule has 0 heterocycles. The number of carbonyl (C=O) groups excluding carboxylic acids is 1. The van der Waals surface area contributed by atoms with Crippen LogP contribution in [-0.2, 0) is 4.79 Å². The highest BCUT2D eigenvalue weighted by molar-refractivity contribution is 6.32. The van der Waals surface area contributed by atoms with E-state index in [9.17, 15) is 10.1 Å². The summed E-state index contributed by atoms with van der Waals surface area (Å²) in [6, 6.07) is 14.6. The predicted molar refractivity (Wildman–Crippen MR) is 89.6 cm³/mol. The largest absolute Gasteiger partial charge is 0.321 e. The first-order valence-corrected chi connectivity index (χ1v) is 7.14. The molecule has 2 aromatic carbocycles. The Morgan fingerprint density at radius 2 is 1.91 bits per heavy atom. The van der Waals surface area contributed by atoms with E-state index in [1.807, 2.05) is 38.1 Å². The lowest BCUT2D eigenvalue weighted by Gasteiger charge is -2.07. The molecule has 0 radical (unpaired) electrons. The smallest absolute Gasteiger partial charge is 0.266 e. The third-order valence-electron chi connectivity index (χ3n) is 3.33. The fourth-order valence-electron chi connectivity index (χ4n) is 1.91. The Bertz CT molecular complexity index is 788. The van der Waals surface area contributed by atoms with Gasteiger partial charge < -0.3 is 5.32 Å². The number of carbonyl (C=O) groups is 1. The zero-order chi connectivity index (χ0) is 16.1. The lowest BCUT2D eigenvalue weighted by atomic mass is 10.1. The Hall–Kier alpha value is -2.57. The summed E-state index contributed by atoms with van der Waals surface area (Å²) >= 11 is 6.04. The van der Waals surface area contributed by atoms with Gasteiger partial charge in [-0.2, -0.15) is 5.26 Å². The lowest BCUT2D eigenvalue weighted by Crippen LogP contribution is -2.13. The number of anilines is 1. The van der Waals surface area contributed by atoms with Gasteiger partial charge in [-0.25, -0.2) is 0 Å². The average Bonchev–Trinajstić information content (AvgIpc) is 2.50. The van der Waals surface area contributed by atoms with E-state index in [4.69, 9.17) is 11.6 Å². The molecule has 0 fully saturated rings. The summed E-state index contributed by atoms with van der Waals surface area (Å²) in [5, 5.41) is 12.4. The second-order valence-corrected chi connectivity index (χ2v) is 5.35. The number of hydrogen-bond acceptors (Lipinski definition) is 2. The summed E-state index contributed by atoms with van der Waals surface area (Å²) in [7, 11) is 0. The van der Waals surface area contributed by atoms with E-state index in [0.29, 0.717) is 16.3 Å². The summed E-state index contributed by atoms with van der Waals surface area (Å²) in [4.78, 5) is 12.2. The van der Waals surface area contributed by atoms with Crippen molar-refractivity contribution < 1.29 is 4.79 Å². The first-order chi connectivity index (χ1) is 10.5. The third kappa shape index (κ3) is 3.75. The van der Waals surface area contributed by atoms with E-state index in [2.05, 4.69) is 5.32 Å². The van der Waals surface area contributed by atoms with E-state index >= 15 is 0 Å². The molecule has 110 valence electrons. The number of rotatable bonds is 3. The molecule has 0 saturated heterocycles. The molecule has 0 aliphatic rings. The Balaban J connectivity index is 2.24. The Kier molecular flexibility index (Phi) is 4.98. The van der Waals surface area contributed by atoms with Crippen LogP contribution in [0.5, 0.6) is 0 Å². The van der Waals surface area contributed by atoms with Gasteiger partial charge in [-0.1, -0.05) is 35.9 Å². The van der Waals surface area contributed by atoms with E-state index in [0.717, 1.165) is 11.1 Å². The molecule has 0 atom stereocenters. The van der Waals surface area contributed by atoms with Gasteiger partial charge in [0.05, 0.1) is 0 Å². The number of aryl methyl sites for hydroxylation is 2. The molecule has 4 heteroatoms. The van der Waals surface area contributed by atoms with Crippen molar-refractivity contribution >= 4 is 29.3 Å². The quantitative estimate of drug-likeness (QED) is 0.670. The molecule has 1 N–H and O–H groups in total. The van der Waals surface area contributed by atoms with Crippen LogP contribution in [0.1, 0.15) is 16.7 Å². The predicted octanol–water partition coefficient (Wildman–Crippen LogP) is 4.50. The highest BCUT2D eigenvalue weighted by Gasteiger charge is 2.10. The highest BCUT2D eigenvalue weighted by Crippen LogP contribution is 2.19. The first kappa shape index (κ1) is 15.8. The zero-order valence-electron chi connectivity index (χ0n) is 12.4. The van der Waals surface area contributed by atoms with Crippen LogP contribution < -0.4 is 5.32 Å². The number of benzene rings is 2. The van der Waals surface area contributed by atoms with E-state index in [1.54, 1.807) is 24.3 Å². The molecular formula is C18H15ClN2O. The molecule has 0 saturated carbocycles. The van der Waals surface area contributed by atoms with E-state index < -0.39 is 5.91 Å². The topological polar surface area (TPSA) is 52.9 Å². The fourth-order valence-corrected chi connectivity index (χ4v) is 2.10. The third-order valence-corrected chi connectivity index (χ3v) is 3.68. The maximum atomic E-state index is 12.2. The van der Waals surface area contributed by atoms with Crippen molar-refractivity contribution in [1.82, 2.24) is 0 Å². The van der Waals surface area contributed by atoms with Crippen molar-refractivity contribution in [3.05, 3.63) is 69.8 Å². The molecular weight excluding hydrogens is 296 g/mol. The molecule has 0 spiro atoms. The van der Waals surface area contributed by atoms with Crippen molar-refractivity contribution in [2.24, 2.45) is 0 Å². The van der Waals surface area contributed by atoms with Gasteiger partial charge in [-0.05, 0) is 54.8 Å². The van der Waals surface area contributed by atoms with Gasteiger partial charge >= 0.3 is 0 Å². The van der Waals surface area contributed by atoms with Crippen LogP contribution in [0.25, 0.3) is 6.08 Å². The van der Waals surface area contributed by atoms with Crippen LogP contribution in [0.4, 0.5) is 5.69 Å². The fraction of sp³-hybridized carbons (Fsp3) is 0.111. The van der Waals surface area contributed by atoms with Crippen molar-refractivity contribution in [2.75, 3.05) is 5.32 Å². The van der Waals surface area contributed by atoms with Crippen LogP contribution >= 0.6 is 11.6 Å². The van der Waals surface area contributed by atoms with Gasteiger partial charge in [0.25, 0.3) is 5.91 Å². The summed E-state index contributed by atoms with van der Waals surface area (Å²) in [6.45, 7) is 3.97. The van der Waals surface area contributed by atoms with Crippen LogP contribution in [0.3, 0.4) is 0 Å². The van der Waals surface area contributed by atoms with Gasteiger partial charge in [-0.3, -0.25) is 4.79 Å². The molecule has 3 nitrogen and oxygen atoms in total. The zero-order valence-corrected chi connectivity index (χ0v) is 13.1. The molecule has 2 aromatic rings. The van der Waals surface area contributed by atoms with E-state index in [-0.39, 0.29) is 5.57 Å². The molecule has 0 aromatic heterocycles. The first-order valence-electron chi connectivity index (χ1n) is 6.76. The van der Waals surface area contributed by atoms with Crippen molar-refractivity contribution in [3.8, 4) is 6.07 Å². The van der Waals surface area contributed by atoms with Gasteiger partial charge in [0.1, 0.15) is 11.6 Å². The van der Waals surface area contributed by atoms with Crippen molar-refractivity contribution in [3.63, 3.8) is 0 Å². The van der Waals surface area contributed by atoms with Gasteiger partial charge in [0.2, 0.25) is 0 Å². The molecule has 22 heavy (non-hydrogen) atoms. The summed E-state index contributed by atoms with van der Waals surface area (Å²) in [5.41, 5.74) is 3.52. The highest BCUT2D eigenvalue weighted by atomic mass is 35.5. The number of hydrogen-bond donors (Lipinski definition) is 1. The summed E-state index contributed by atoms with van der Waals surface area (Å²) in [5.74, 6) is -0.453. The minimum absolute atomic E-state index is 0.00586. The molecule has 0 aliphatic heterocycles. The average molecular weight is 311 g/mol. The Morgan fingerprint density at radius 3 is 2.55 bits per heavy atom. The normalized spacial score (nSPS) is 10.9. The maximum Gasteiger partial charge on any atom is 0.266 e. The number of amides is 1. The summed E-state index contributed by atoms with van der Waals surface area (Å²) < 4.78 is 0. The maximum absolute atomic E-state index is 12.2. The minimum Gasteiger partial charge on any atom is -0.321 e. The number of nitriles is 1. The molecule has 2 rings (SSSR count). The van der Waals surface area contributed by atoms with E-state index in [1.165, 1.54) is 6.08 Å². The number of halogens is 1. The van der Waals surface area contributed by atoms with Gasteiger partial charge in [-0.15, -0.1) is 0 Å². The second-order valence-electron chi connectivity index (χ2n) is 4.94. The van der Waals surface area contributed by atoms with Crippen LogP contribution in [0.15, 0.2) is 48.0 Å².